The van der Waals surface area contributed by atoms with Gasteiger partial charge in [0, 0.05) is 24.5 Å². The number of anilines is 2. The summed E-state index contributed by atoms with van der Waals surface area (Å²) < 4.78 is 0. The number of hydrogen-bond acceptors (Lipinski definition) is 2. The molecule has 4 N–H and O–H groups in total. The molecule has 0 aliphatic carbocycles. The van der Waals surface area contributed by atoms with E-state index in [1.165, 1.54) is 0 Å². The highest BCUT2D eigenvalue weighted by atomic mass is 16.2. The Labute approximate surface area is 199 Å². The molecule has 0 aliphatic heterocycles. The lowest BCUT2D eigenvalue weighted by Gasteiger charge is -2.09. The van der Waals surface area contributed by atoms with Gasteiger partial charge in [-0.15, -0.1) is 0 Å². The number of benzene rings is 4. The van der Waals surface area contributed by atoms with Gasteiger partial charge in [0.15, 0.2) is 0 Å². The topological polar surface area (TPSA) is 82.3 Å². The molecule has 174 valence electrons. The summed E-state index contributed by atoms with van der Waals surface area (Å²) in [6.45, 7) is 1.24. The second kappa shape index (κ2) is 11.7. The smallest absolute Gasteiger partial charge is 0.319 e. The molecule has 0 radical (unpaired) electrons. The standard InChI is InChI=1S/C28H30N4O2/c33-27(31-25-15-13-21-9-3-5-11-23(21)19-25)29-17-7-1-2-8-18-30-28(34)32-26-16-14-22-10-4-6-12-24(22)20-26/h3-6,9-16,19-20H,1-2,7-8,17-18H2,(H2,29,31,33)(H2,30,32,34). The monoisotopic (exact) mass is 454 g/mol. The zero-order valence-electron chi connectivity index (χ0n) is 19.1. The molecule has 0 heterocycles. The number of rotatable bonds is 9. The minimum Gasteiger partial charge on any atom is -0.338 e. The summed E-state index contributed by atoms with van der Waals surface area (Å²) in [7, 11) is 0. The van der Waals surface area contributed by atoms with Crippen LogP contribution in [0, 0.1) is 0 Å². The number of amides is 4. The molecular weight excluding hydrogens is 424 g/mol. The summed E-state index contributed by atoms with van der Waals surface area (Å²) in [4.78, 5) is 24.2. The van der Waals surface area contributed by atoms with Gasteiger partial charge in [0.2, 0.25) is 0 Å². The highest BCUT2D eigenvalue weighted by Gasteiger charge is 2.04. The Balaban J connectivity index is 1.05. The Morgan fingerprint density at radius 3 is 1.35 bits per heavy atom. The molecule has 6 nitrogen and oxygen atoms in total. The van der Waals surface area contributed by atoms with Crippen LogP contribution in [0.5, 0.6) is 0 Å². The van der Waals surface area contributed by atoms with E-state index in [1.54, 1.807) is 0 Å². The Morgan fingerprint density at radius 1 is 0.500 bits per heavy atom. The summed E-state index contributed by atoms with van der Waals surface area (Å²) in [6.07, 6.45) is 3.78. The molecule has 4 aromatic carbocycles. The van der Waals surface area contributed by atoms with Crippen LogP contribution in [0.4, 0.5) is 21.0 Å². The normalized spacial score (nSPS) is 10.7. The van der Waals surface area contributed by atoms with Crippen molar-refractivity contribution in [3.05, 3.63) is 84.9 Å². The molecule has 4 rings (SSSR count). The van der Waals surface area contributed by atoms with Gasteiger partial charge in [0.25, 0.3) is 0 Å². The molecule has 6 heteroatoms. The Bertz CT molecular complexity index is 1170. The second-order valence-electron chi connectivity index (χ2n) is 8.30. The van der Waals surface area contributed by atoms with Crippen LogP contribution in [0.25, 0.3) is 21.5 Å². The molecule has 34 heavy (non-hydrogen) atoms. The van der Waals surface area contributed by atoms with E-state index >= 15 is 0 Å². The van der Waals surface area contributed by atoms with Crippen molar-refractivity contribution in [3.63, 3.8) is 0 Å². The first-order valence-electron chi connectivity index (χ1n) is 11.7. The molecule has 0 fully saturated rings. The Hall–Kier alpha value is -4.06. The van der Waals surface area contributed by atoms with Gasteiger partial charge < -0.3 is 21.3 Å². The lowest BCUT2D eigenvalue weighted by atomic mass is 10.1. The van der Waals surface area contributed by atoms with Crippen molar-refractivity contribution >= 4 is 45.0 Å². The maximum atomic E-state index is 12.1. The predicted molar refractivity (Wildman–Crippen MR) is 140 cm³/mol. The summed E-state index contributed by atoms with van der Waals surface area (Å²) in [6, 6.07) is 27.5. The number of carbonyl (C=O) groups is 2. The number of fused-ring (bicyclic) bond motifs is 2. The zero-order valence-corrected chi connectivity index (χ0v) is 19.1. The van der Waals surface area contributed by atoms with Gasteiger partial charge in [0.1, 0.15) is 0 Å². The van der Waals surface area contributed by atoms with Gasteiger partial charge in [-0.25, -0.2) is 9.59 Å². The molecule has 0 aliphatic rings. The molecule has 0 atom stereocenters. The fraction of sp³-hybridized carbons (Fsp3) is 0.214. The molecule has 0 aromatic heterocycles. The van der Waals surface area contributed by atoms with Gasteiger partial charge in [-0.1, -0.05) is 73.5 Å². The highest BCUT2D eigenvalue weighted by Crippen LogP contribution is 2.19. The fourth-order valence-corrected chi connectivity index (χ4v) is 3.89. The first kappa shape index (κ1) is 23.1. The first-order chi connectivity index (χ1) is 16.7. The van der Waals surface area contributed by atoms with E-state index in [2.05, 4.69) is 21.3 Å². The summed E-state index contributed by atoms with van der Waals surface area (Å²) in [5.41, 5.74) is 1.56. The predicted octanol–water partition coefficient (Wildman–Crippen LogP) is 6.50. The fourth-order valence-electron chi connectivity index (χ4n) is 3.89. The second-order valence-corrected chi connectivity index (χ2v) is 8.30. The first-order valence-corrected chi connectivity index (χ1v) is 11.7. The molecule has 0 saturated carbocycles. The Kier molecular flexibility index (Phi) is 7.95. The third kappa shape index (κ3) is 6.72. The third-order valence-electron chi connectivity index (χ3n) is 5.69. The van der Waals surface area contributed by atoms with Crippen molar-refractivity contribution < 1.29 is 9.59 Å². The highest BCUT2D eigenvalue weighted by molar-refractivity contribution is 5.94. The maximum absolute atomic E-state index is 12.1. The van der Waals surface area contributed by atoms with Crippen LogP contribution in [-0.2, 0) is 0 Å². The van der Waals surface area contributed by atoms with Crippen molar-refractivity contribution in [1.29, 1.82) is 0 Å². The molecule has 0 unspecified atom stereocenters. The van der Waals surface area contributed by atoms with Crippen molar-refractivity contribution in [2.45, 2.75) is 25.7 Å². The quantitative estimate of drug-likeness (QED) is 0.218. The molecular formula is C28H30N4O2. The third-order valence-corrected chi connectivity index (χ3v) is 5.69. The van der Waals surface area contributed by atoms with Crippen LogP contribution in [0.1, 0.15) is 25.7 Å². The van der Waals surface area contributed by atoms with Gasteiger partial charge in [0.05, 0.1) is 0 Å². The van der Waals surface area contributed by atoms with Crippen molar-refractivity contribution in [1.82, 2.24) is 10.6 Å². The van der Waals surface area contributed by atoms with Crippen LogP contribution >= 0.6 is 0 Å². The number of urea groups is 2. The van der Waals surface area contributed by atoms with Crippen molar-refractivity contribution in [2.24, 2.45) is 0 Å². The number of nitrogens with one attached hydrogen (secondary N) is 4. The van der Waals surface area contributed by atoms with Crippen LogP contribution in [0.15, 0.2) is 84.9 Å². The minimum absolute atomic E-state index is 0.192. The molecule has 4 aromatic rings. The van der Waals surface area contributed by atoms with E-state index in [4.69, 9.17) is 0 Å². The van der Waals surface area contributed by atoms with Gasteiger partial charge in [-0.3, -0.25) is 0 Å². The Morgan fingerprint density at radius 2 is 0.912 bits per heavy atom. The lowest BCUT2D eigenvalue weighted by molar-refractivity contribution is 0.250. The van der Waals surface area contributed by atoms with Crippen LogP contribution in [0.2, 0.25) is 0 Å². The van der Waals surface area contributed by atoms with E-state index < -0.39 is 0 Å². The average molecular weight is 455 g/mol. The van der Waals surface area contributed by atoms with Gasteiger partial charge in [-0.05, 0) is 58.7 Å². The minimum atomic E-state index is -0.192. The van der Waals surface area contributed by atoms with Crippen LogP contribution < -0.4 is 21.3 Å². The van der Waals surface area contributed by atoms with Gasteiger partial charge in [-0.2, -0.15) is 0 Å². The lowest BCUT2D eigenvalue weighted by Crippen LogP contribution is -2.30. The van der Waals surface area contributed by atoms with Crippen molar-refractivity contribution in [3.8, 4) is 0 Å². The molecule has 0 saturated heterocycles. The van der Waals surface area contributed by atoms with E-state index in [1.807, 2.05) is 84.9 Å². The molecule has 0 bridgehead atoms. The van der Waals surface area contributed by atoms with E-state index in [9.17, 15) is 9.59 Å². The van der Waals surface area contributed by atoms with E-state index in [-0.39, 0.29) is 12.1 Å². The molecule has 0 spiro atoms. The summed E-state index contributed by atoms with van der Waals surface area (Å²) >= 11 is 0. The van der Waals surface area contributed by atoms with E-state index in [0.29, 0.717) is 13.1 Å². The SMILES string of the molecule is O=C(NCCCCCCNC(=O)Nc1ccc2ccccc2c1)Nc1ccc2ccccc2c1. The average Bonchev–Trinajstić information content (AvgIpc) is 2.85. The van der Waals surface area contributed by atoms with Crippen LogP contribution in [0.3, 0.4) is 0 Å². The molecule has 4 amide bonds. The van der Waals surface area contributed by atoms with Gasteiger partial charge >= 0.3 is 12.1 Å². The van der Waals surface area contributed by atoms with Crippen LogP contribution in [-0.4, -0.2) is 25.2 Å². The summed E-state index contributed by atoms with van der Waals surface area (Å²) in [5, 5.41) is 16.1. The zero-order chi connectivity index (χ0) is 23.6. The number of hydrogen-bond donors (Lipinski definition) is 4. The number of carbonyl (C=O) groups excluding carboxylic acids is 2. The largest absolute Gasteiger partial charge is 0.338 e. The number of unbranched alkanes of at least 4 members (excludes halogenated alkanes) is 3. The summed E-state index contributed by atoms with van der Waals surface area (Å²) in [5.74, 6) is 0. The van der Waals surface area contributed by atoms with Crippen molar-refractivity contribution in [2.75, 3.05) is 23.7 Å². The van der Waals surface area contributed by atoms with E-state index in [0.717, 1.165) is 58.6 Å². The maximum Gasteiger partial charge on any atom is 0.319 e.